The largest absolute Gasteiger partial charge is 0.395 e. The fourth-order valence-electron chi connectivity index (χ4n) is 3.72. The summed E-state index contributed by atoms with van der Waals surface area (Å²) in [4.78, 5) is 28.6. The lowest BCUT2D eigenvalue weighted by Gasteiger charge is -2.36. The number of fused-ring (bicyclic) bond motifs is 1. The van der Waals surface area contributed by atoms with Crippen molar-refractivity contribution in [3.8, 4) is 0 Å². The molecule has 1 atom stereocenters. The second kappa shape index (κ2) is 9.64. The number of rotatable bonds is 8. The maximum absolute atomic E-state index is 12.6. The normalized spacial score (nSPS) is 17.5. The highest BCUT2D eigenvalue weighted by Gasteiger charge is 2.33. The summed E-state index contributed by atoms with van der Waals surface area (Å²) in [6.07, 6.45) is 0.0244. The first kappa shape index (κ1) is 20.3. The number of nitrogens with one attached hydrogen (secondary N) is 1. The summed E-state index contributed by atoms with van der Waals surface area (Å²) in [5.41, 5.74) is 1.12. The van der Waals surface area contributed by atoms with E-state index < -0.39 is 6.04 Å². The maximum Gasteiger partial charge on any atom is 0.237 e. The summed E-state index contributed by atoms with van der Waals surface area (Å²) in [5.74, 6) is -0.402. The number of aliphatic hydroxyl groups excluding tert-OH is 2. The van der Waals surface area contributed by atoms with Gasteiger partial charge in [-0.3, -0.25) is 14.5 Å². The van der Waals surface area contributed by atoms with Crippen molar-refractivity contribution in [2.75, 3.05) is 39.4 Å². The second-order valence-corrected chi connectivity index (χ2v) is 6.95. The predicted molar refractivity (Wildman–Crippen MR) is 107 cm³/mol. The molecule has 2 aromatic rings. The first-order valence-corrected chi connectivity index (χ1v) is 9.62. The van der Waals surface area contributed by atoms with E-state index in [1.807, 2.05) is 23.1 Å². The van der Waals surface area contributed by atoms with Crippen molar-refractivity contribution in [2.45, 2.75) is 19.0 Å². The van der Waals surface area contributed by atoms with Gasteiger partial charge in [0.1, 0.15) is 0 Å². The minimum atomic E-state index is -0.569. The Morgan fingerprint density at radius 1 is 1.11 bits per heavy atom. The van der Waals surface area contributed by atoms with Gasteiger partial charge in [-0.15, -0.1) is 0 Å². The number of hydrogen-bond donors (Lipinski definition) is 3. The fourth-order valence-corrected chi connectivity index (χ4v) is 3.72. The van der Waals surface area contributed by atoms with Gasteiger partial charge >= 0.3 is 0 Å². The summed E-state index contributed by atoms with van der Waals surface area (Å²) in [6.45, 7) is 1.73. The van der Waals surface area contributed by atoms with Crippen LogP contribution in [0.3, 0.4) is 0 Å². The van der Waals surface area contributed by atoms with E-state index in [9.17, 15) is 9.59 Å². The summed E-state index contributed by atoms with van der Waals surface area (Å²) in [7, 11) is 0. The van der Waals surface area contributed by atoms with Crippen LogP contribution in [0.2, 0.25) is 0 Å². The number of carbonyl (C=O) groups excluding carboxylic acids is 2. The van der Waals surface area contributed by atoms with Crippen molar-refractivity contribution >= 4 is 22.6 Å². The minimum Gasteiger partial charge on any atom is -0.395 e. The molecule has 0 saturated carbocycles. The minimum absolute atomic E-state index is 0.0244. The summed E-state index contributed by atoms with van der Waals surface area (Å²) >= 11 is 0. The van der Waals surface area contributed by atoms with Gasteiger partial charge in [-0.2, -0.15) is 0 Å². The van der Waals surface area contributed by atoms with Crippen LogP contribution in [0.4, 0.5) is 0 Å². The molecular weight excluding hydrogens is 358 g/mol. The molecule has 7 heteroatoms. The molecule has 0 aromatic heterocycles. The number of piperazine rings is 1. The van der Waals surface area contributed by atoms with E-state index in [1.165, 1.54) is 4.90 Å². The maximum atomic E-state index is 12.6. The van der Waals surface area contributed by atoms with Crippen LogP contribution in [0.1, 0.15) is 12.0 Å². The molecule has 0 aliphatic carbocycles. The Balaban J connectivity index is 1.78. The van der Waals surface area contributed by atoms with Gasteiger partial charge in [-0.25, -0.2) is 0 Å². The Kier molecular flexibility index (Phi) is 6.97. The van der Waals surface area contributed by atoms with E-state index >= 15 is 0 Å². The third kappa shape index (κ3) is 4.67. The van der Waals surface area contributed by atoms with Crippen molar-refractivity contribution < 1.29 is 19.8 Å². The molecule has 1 heterocycles. The van der Waals surface area contributed by atoms with Crippen LogP contribution in [0, 0.1) is 0 Å². The Morgan fingerprint density at radius 2 is 1.82 bits per heavy atom. The van der Waals surface area contributed by atoms with Crippen LogP contribution in [0.5, 0.6) is 0 Å². The lowest BCUT2D eigenvalue weighted by atomic mass is 10.0. The molecule has 1 unspecified atom stereocenters. The van der Waals surface area contributed by atoms with Gasteiger partial charge in [0.25, 0.3) is 0 Å². The zero-order valence-corrected chi connectivity index (χ0v) is 15.9. The number of aliphatic hydroxyl groups is 2. The van der Waals surface area contributed by atoms with Gasteiger partial charge in [0.05, 0.1) is 25.7 Å². The molecule has 2 aromatic carbocycles. The molecule has 1 saturated heterocycles. The average Bonchev–Trinajstić information content (AvgIpc) is 2.70. The number of benzene rings is 2. The van der Waals surface area contributed by atoms with E-state index in [-0.39, 0.29) is 44.5 Å². The molecular formula is C21H27N3O4. The van der Waals surface area contributed by atoms with Crippen molar-refractivity contribution in [3.63, 3.8) is 0 Å². The van der Waals surface area contributed by atoms with Gasteiger partial charge in [-0.05, 0) is 16.3 Å². The first-order chi connectivity index (χ1) is 13.6. The highest BCUT2D eigenvalue weighted by atomic mass is 16.3. The Hall–Kier alpha value is -2.48. The second-order valence-electron chi connectivity index (χ2n) is 6.95. The van der Waals surface area contributed by atoms with Gasteiger partial charge in [0, 0.05) is 32.7 Å². The van der Waals surface area contributed by atoms with E-state index in [1.54, 1.807) is 0 Å². The molecule has 7 nitrogen and oxygen atoms in total. The zero-order chi connectivity index (χ0) is 19.9. The number of carbonyl (C=O) groups is 2. The predicted octanol–water partition coefficient (Wildman–Crippen LogP) is 0.343. The zero-order valence-electron chi connectivity index (χ0n) is 15.9. The molecule has 2 amide bonds. The Morgan fingerprint density at radius 3 is 2.57 bits per heavy atom. The molecule has 1 aliphatic heterocycles. The topological polar surface area (TPSA) is 93.1 Å². The molecule has 0 radical (unpaired) electrons. The fraction of sp³-hybridized carbons (Fsp3) is 0.429. The van der Waals surface area contributed by atoms with E-state index in [4.69, 9.17) is 10.2 Å². The van der Waals surface area contributed by atoms with E-state index in [0.717, 1.165) is 16.3 Å². The van der Waals surface area contributed by atoms with Crippen LogP contribution in [-0.2, 0) is 16.1 Å². The van der Waals surface area contributed by atoms with E-state index in [0.29, 0.717) is 19.6 Å². The molecule has 1 aliphatic rings. The first-order valence-electron chi connectivity index (χ1n) is 9.62. The molecule has 3 rings (SSSR count). The Labute approximate surface area is 164 Å². The third-order valence-electron chi connectivity index (χ3n) is 5.16. The van der Waals surface area contributed by atoms with Gasteiger partial charge in [0.2, 0.25) is 11.8 Å². The molecule has 150 valence electrons. The highest BCUT2D eigenvalue weighted by molar-refractivity contribution is 5.89. The number of amides is 2. The molecule has 0 spiro atoms. The van der Waals surface area contributed by atoms with Gasteiger partial charge in [-0.1, -0.05) is 42.5 Å². The number of hydrogen-bond acceptors (Lipinski definition) is 5. The van der Waals surface area contributed by atoms with Crippen molar-refractivity contribution in [3.05, 3.63) is 48.0 Å². The molecule has 28 heavy (non-hydrogen) atoms. The highest BCUT2D eigenvalue weighted by Crippen LogP contribution is 2.22. The van der Waals surface area contributed by atoms with Crippen LogP contribution in [0.15, 0.2) is 42.5 Å². The summed E-state index contributed by atoms with van der Waals surface area (Å²) in [6, 6.07) is 13.7. The third-order valence-corrected chi connectivity index (χ3v) is 5.16. The van der Waals surface area contributed by atoms with Crippen LogP contribution in [-0.4, -0.2) is 77.3 Å². The lowest BCUT2D eigenvalue weighted by molar-refractivity contribution is -0.139. The monoisotopic (exact) mass is 385 g/mol. The summed E-state index contributed by atoms with van der Waals surface area (Å²) < 4.78 is 0. The average molecular weight is 385 g/mol. The standard InChI is InChI=1S/C21H27N3O4/c25-12-10-23(11-13-26)20(27)14-19-21(28)22-8-9-24(19)15-17-6-3-5-16-4-1-2-7-18(16)17/h1-7,19,25-26H,8-15H2,(H,22,28). The molecule has 0 bridgehead atoms. The van der Waals surface area contributed by atoms with Gasteiger partial charge in [0.15, 0.2) is 0 Å². The Bertz CT molecular complexity index is 815. The SMILES string of the molecule is O=C1NCCN(Cc2cccc3ccccc23)C1CC(=O)N(CCO)CCO. The van der Waals surface area contributed by atoms with Crippen molar-refractivity contribution in [1.29, 1.82) is 0 Å². The van der Waals surface area contributed by atoms with Crippen LogP contribution < -0.4 is 5.32 Å². The lowest BCUT2D eigenvalue weighted by Crippen LogP contribution is -2.56. The van der Waals surface area contributed by atoms with Crippen LogP contribution >= 0.6 is 0 Å². The van der Waals surface area contributed by atoms with Crippen molar-refractivity contribution in [2.24, 2.45) is 0 Å². The summed E-state index contributed by atoms with van der Waals surface area (Å²) in [5, 5.41) is 23.4. The quantitative estimate of drug-likeness (QED) is 0.610. The van der Waals surface area contributed by atoms with Crippen molar-refractivity contribution in [1.82, 2.24) is 15.1 Å². The number of nitrogens with zero attached hydrogens (tertiary/aromatic N) is 2. The molecule has 1 fully saturated rings. The van der Waals surface area contributed by atoms with Gasteiger partial charge < -0.3 is 20.4 Å². The smallest absolute Gasteiger partial charge is 0.237 e. The molecule has 3 N–H and O–H groups in total. The van der Waals surface area contributed by atoms with Crippen LogP contribution in [0.25, 0.3) is 10.8 Å². The van der Waals surface area contributed by atoms with E-state index in [2.05, 4.69) is 29.6 Å².